The largest absolute Gasteiger partial charge is 0.269 e. The fourth-order valence-electron chi connectivity index (χ4n) is 1.92. The number of hydrogen-bond acceptors (Lipinski definition) is 4. The number of benzene rings is 1. The molecule has 20 heavy (non-hydrogen) atoms. The molecule has 3 aromatic rings. The lowest BCUT2D eigenvalue weighted by Crippen LogP contribution is -2.12. The number of hydrogen-bond donors (Lipinski definition) is 0. The van der Waals surface area contributed by atoms with Gasteiger partial charge in [-0.1, -0.05) is 17.7 Å². The predicted octanol–water partition coefficient (Wildman–Crippen LogP) is 2.74. The highest BCUT2D eigenvalue weighted by atomic mass is 79.9. The van der Waals surface area contributed by atoms with Gasteiger partial charge in [0.25, 0.3) is 10.0 Å². The molecule has 0 aliphatic heterocycles. The van der Waals surface area contributed by atoms with Crippen molar-refractivity contribution < 1.29 is 8.42 Å². The third kappa shape index (κ3) is 2.03. The number of fused-ring (bicyclic) bond motifs is 1. The van der Waals surface area contributed by atoms with E-state index in [0.717, 1.165) is 5.56 Å². The summed E-state index contributed by atoms with van der Waals surface area (Å²) in [5, 5.41) is 0.656. The van der Waals surface area contributed by atoms with E-state index in [1.54, 1.807) is 30.3 Å². The van der Waals surface area contributed by atoms with Gasteiger partial charge < -0.3 is 0 Å². The molecule has 0 N–H and O–H groups in total. The van der Waals surface area contributed by atoms with Gasteiger partial charge in [-0.3, -0.25) is 0 Å². The van der Waals surface area contributed by atoms with E-state index in [0.29, 0.717) is 15.6 Å². The second-order valence-corrected chi connectivity index (χ2v) is 6.90. The normalized spacial score (nSPS) is 11.9. The summed E-state index contributed by atoms with van der Waals surface area (Å²) >= 11 is 3.28. The lowest BCUT2D eigenvalue weighted by molar-refractivity contribution is 0.588. The van der Waals surface area contributed by atoms with E-state index < -0.39 is 10.0 Å². The first kappa shape index (κ1) is 13.3. The Labute approximate surface area is 124 Å². The van der Waals surface area contributed by atoms with Gasteiger partial charge in [-0.2, -0.15) is 0 Å². The number of rotatable bonds is 2. The van der Waals surface area contributed by atoms with Crippen molar-refractivity contribution in [2.45, 2.75) is 11.8 Å². The van der Waals surface area contributed by atoms with Crippen LogP contribution in [0.2, 0.25) is 0 Å². The Bertz CT molecular complexity index is 886. The standard InChI is InChI=1S/C13H10BrN3O2S/c1-9-2-4-10(5-3-9)20(18,19)17-7-6-11-12(14)15-8-16-13(11)17/h2-8H,1H3. The van der Waals surface area contributed by atoms with Crippen molar-refractivity contribution in [3.8, 4) is 0 Å². The van der Waals surface area contributed by atoms with E-state index >= 15 is 0 Å². The summed E-state index contributed by atoms with van der Waals surface area (Å²) in [4.78, 5) is 8.27. The van der Waals surface area contributed by atoms with Crippen LogP contribution in [0.1, 0.15) is 5.56 Å². The van der Waals surface area contributed by atoms with Gasteiger partial charge in [0.15, 0.2) is 5.65 Å². The van der Waals surface area contributed by atoms with Crippen molar-refractivity contribution in [3.63, 3.8) is 0 Å². The molecule has 5 nitrogen and oxygen atoms in total. The number of halogens is 1. The molecule has 0 saturated carbocycles. The van der Waals surface area contributed by atoms with Crippen LogP contribution in [0.3, 0.4) is 0 Å². The minimum atomic E-state index is -3.65. The summed E-state index contributed by atoms with van der Waals surface area (Å²) in [6, 6.07) is 8.39. The Hall–Kier alpha value is -1.73. The summed E-state index contributed by atoms with van der Waals surface area (Å²) in [6.07, 6.45) is 2.81. The summed E-state index contributed by atoms with van der Waals surface area (Å²) in [7, 11) is -3.65. The van der Waals surface area contributed by atoms with Crippen molar-refractivity contribution in [2.24, 2.45) is 0 Å². The second kappa shape index (κ2) is 4.68. The summed E-state index contributed by atoms with van der Waals surface area (Å²) < 4.78 is 27.0. The van der Waals surface area contributed by atoms with Crippen LogP contribution < -0.4 is 0 Å². The van der Waals surface area contributed by atoms with Crippen molar-refractivity contribution in [1.29, 1.82) is 0 Å². The van der Waals surface area contributed by atoms with Crippen molar-refractivity contribution in [3.05, 3.63) is 53.0 Å². The maximum absolute atomic E-state index is 12.6. The molecule has 102 valence electrons. The molecule has 1 aromatic carbocycles. The van der Waals surface area contributed by atoms with Gasteiger partial charge in [0.05, 0.1) is 10.3 Å². The molecule has 7 heteroatoms. The predicted molar refractivity (Wildman–Crippen MR) is 79.0 cm³/mol. The number of nitrogens with zero attached hydrogens (tertiary/aromatic N) is 3. The van der Waals surface area contributed by atoms with Gasteiger partial charge in [-0.15, -0.1) is 0 Å². The first-order chi connectivity index (χ1) is 9.50. The van der Waals surface area contributed by atoms with E-state index in [4.69, 9.17) is 0 Å². The SMILES string of the molecule is Cc1ccc(S(=O)(=O)n2ccc3c(Br)ncnc32)cc1. The lowest BCUT2D eigenvalue weighted by atomic mass is 10.2. The molecule has 3 rings (SSSR count). The Morgan fingerprint density at radius 1 is 1.10 bits per heavy atom. The Kier molecular flexibility index (Phi) is 3.10. The molecule has 2 aromatic heterocycles. The van der Waals surface area contributed by atoms with Crippen molar-refractivity contribution in [1.82, 2.24) is 13.9 Å². The molecule has 2 heterocycles. The number of aryl methyl sites for hydroxylation is 1. The van der Waals surface area contributed by atoms with Gasteiger partial charge in [-0.05, 0) is 41.1 Å². The topological polar surface area (TPSA) is 64.8 Å². The zero-order valence-corrected chi connectivity index (χ0v) is 12.9. The van der Waals surface area contributed by atoms with Crippen LogP contribution in [0.5, 0.6) is 0 Å². The van der Waals surface area contributed by atoms with Crippen LogP contribution in [-0.2, 0) is 10.0 Å². The molecule has 0 bridgehead atoms. The summed E-state index contributed by atoms with van der Waals surface area (Å²) in [5.41, 5.74) is 1.36. The molecule has 0 radical (unpaired) electrons. The quantitative estimate of drug-likeness (QED) is 0.666. The third-order valence-corrected chi connectivity index (χ3v) is 5.29. The zero-order chi connectivity index (χ0) is 14.3. The molecule has 0 spiro atoms. The van der Waals surface area contributed by atoms with Gasteiger partial charge in [-0.25, -0.2) is 22.4 Å². The zero-order valence-electron chi connectivity index (χ0n) is 10.5. The summed E-state index contributed by atoms with van der Waals surface area (Å²) in [5.74, 6) is 0. The average molecular weight is 352 g/mol. The maximum Gasteiger partial charge on any atom is 0.269 e. The van der Waals surface area contributed by atoms with Crippen LogP contribution in [0.4, 0.5) is 0 Å². The fraction of sp³-hybridized carbons (Fsp3) is 0.0769. The highest BCUT2D eigenvalue weighted by Gasteiger charge is 2.20. The van der Waals surface area contributed by atoms with E-state index in [-0.39, 0.29) is 4.90 Å². The van der Waals surface area contributed by atoms with E-state index in [1.165, 1.54) is 16.5 Å². The maximum atomic E-state index is 12.6. The highest BCUT2D eigenvalue weighted by Crippen LogP contribution is 2.24. The van der Waals surface area contributed by atoms with Crippen molar-refractivity contribution in [2.75, 3.05) is 0 Å². The van der Waals surface area contributed by atoms with Crippen LogP contribution in [0, 0.1) is 6.92 Å². The van der Waals surface area contributed by atoms with E-state index in [9.17, 15) is 8.42 Å². The molecule has 0 saturated heterocycles. The first-order valence-electron chi connectivity index (χ1n) is 5.80. The molecular weight excluding hydrogens is 342 g/mol. The van der Waals surface area contributed by atoms with Crippen LogP contribution in [0.25, 0.3) is 11.0 Å². The Morgan fingerprint density at radius 3 is 2.50 bits per heavy atom. The molecule has 0 amide bonds. The average Bonchev–Trinajstić information content (AvgIpc) is 2.85. The van der Waals surface area contributed by atoms with Gasteiger partial charge in [0.2, 0.25) is 0 Å². The molecular formula is C13H10BrN3O2S. The number of aromatic nitrogens is 3. The van der Waals surface area contributed by atoms with E-state index in [2.05, 4.69) is 25.9 Å². The molecule has 0 fully saturated rings. The molecule has 0 aliphatic rings. The van der Waals surface area contributed by atoms with Crippen LogP contribution in [0.15, 0.2) is 52.4 Å². The third-order valence-electron chi connectivity index (χ3n) is 2.98. The molecule has 0 aliphatic carbocycles. The van der Waals surface area contributed by atoms with Gasteiger partial charge in [0.1, 0.15) is 10.9 Å². The smallest absolute Gasteiger partial charge is 0.229 e. The minimum absolute atomic E-state index is 0.232. The van der Waals surface area contributed by atoms with Crippen LogP contribution in [-0.4, -0.2) is 22.4 Å². The van der Waals surface area contributed by atoms with Gasteiger partial charge in [0, 0.05) is 6.20 Å². The lowest BCUT2D eigenvalue weighted by Gasteiger charge is -2.07. The van der Waals surface area contributed by atoms with E-state index in [1.807, 2.05) is 6.92 Å². The molecule has 0 atom stereocenters. The monoisotopic (exact) mass is 351 g/mol. The van der Waals surface area contributed by atoms with Gasteiger partial charge >= 0.3 is 0 Å². The Morgan fingerprint density at radius 2 is 1.80 bits per heavy atom. The highest BCUT2D eigenvalue weighted by molar-refractivity contribution is 9.10. The summed E-state index contributed by atoms with van der Waals surface area (Å²) in [6.45, 7) is 1.91. The van der Waals surface area contributed by atoms with Crippen LogP contribution >= 0.6 is 15.9 Å². The second-order valence-electron chi connectivity index (χ2n) is 4.33. The first-order valence-corrected chi connectivity index (χ1v) is 8.03. The fourth-order valence-corrected chi connectivity index (χ4v) is 3.62. The minimum Gasteiger partial charge on any atom is -0.229 e. The van der Waals surface area contributed by atoms with Crippen molar-refractivity contribution >= 4 is 37.0 Å². The Balaban J connectivity index is 2.24. The molecule has 0 unspecified atom stereocenters.